The summed E-state index contributed by atoms with van der Waals surface area (Å²) in [6.07, 6.45) is 5.30. The summed E-state index contributed by atoms with van der Waals surface area (Å²) in [5.74, 6) is 2.55. The van der Waals surface area contributed by atoms with Crippen LogP contribution in [0.4, 0.5) is 5.82 Å². The van der Waals surface area contributed by atoms with Gasteiger partial charge < -0.3 is 19.9 Å². The van der Waals surface area contributed by atoms with Crippen LogP contribution in [0.1, 0.15) is 16.7 Å². The lowest BCUT2D eigenvalue weighted by molar-refractivity contribution is 0.284. The molecule has 0 aliphatic heterocycles. The fourth-order valence-electron chi connectivity index (χ4n) is 2.57. The molecule has 0 atom stereocenters. The Labute approximate surface area is 169 Å². The van der Waals surface area contributed by atoms with Crippen LogP contribution in [-0.4, -0.2) is 19.2 Å². The Morgan fingerprint density at radius 1 is 0.964 bits per heavy atom. The largest absolute Gasteiger partial charge is 0.497 e. The predicted octanol–water partition coefficient (Wildman–Crippen LogP) is 5.08. The standard InChI is InChI=1S/C22H21ClN2O3/c1-26-19-8-4-16(5-9-19)14-28-20-10-6-15(11-21(20)27-2)3-7-17-12-18(23)13-25-22(17)24/h3-13H,14H2,1-2H3,(H2,24,25). The molecule has 0 radical (unpaired) electrons. The monoisotopic (exact) mass is 396 g/mol. The maximum atomic E-state index is 5.97. The zero-order valence-electron chi connectivity index (χ0n) is 15.7. The molecule has 0 aliphatic rings. The van der Waals surface area contributed by atoms with Crippen LogP contribution in [0.25, 0.3) is 12.2 Å². The van der Waals surface area contributed by atoms with E-state index in [1.54, 1.807) is 20.3 Å². The average molecular weight is 397 g/mol. The first-order chi connectivity index (χ1) is 13.6. The second-order valence-electron chi connectivity index (χ2n) is 6.01. The molecule has 28 heavy (non-hydrogen) atoms. The zero-order valence-corrected chi connectivity index (χ0v) is 16.4. The van der Waals surface area contributed by atoms with Gasteiger partial charge in [0.1, 0.15) is 18.2 Å². The molecule has 0 saturated heterocycles. The van der Waals surface area contributed by atoms with Crippen LogP contribution in [-0.2, 0) is 6.61 Å². The number of aromatic nitrogens is 1. The van der Waals surface area contributed by atoms with Crippen LogP contribution >= 0.6 is 11.6 Å². The Hall–Kier alpha value is -3.18. The molecule has 1 heterocycles. The van der Waals surface area contributed by atoms with Crippen LogP contribution in [0.5, 0.6) is 17.2 Å². The zero-order chi connectivity index (χ0) is 19.9. The molecule has 1 aromatic heterocycles. The number of nitrogens with two attached hydrogens (primary N) is 1. The van der Waals surface area contributed by atoms with Gasteiger partial charge in [-0.15, -0.1) is 0 Å². The number of hydrogen-bond donors (Lipinski definition) is 1. The Morgan fingerprint density at radius 3 is 2.46 bits per heavy atom. The number of pyridine rings is 1. The first-order valence-corrected chi connectivity index (χ1v) is 8.99. The van der Waals surface area contributed by atoms with Crippen molar-refractivity contribution in [3.63, 3.8) is 0 Å². The maximum absolute atomic E-state index is 5.97. The minimum absolute atomic E-state index is 0.423. The number of rotatable bonds is 7. The Kier molecular flexibility index (Phi) is 6.40. The molecule has 2 aromatic carbocycles. The van der Waals surface area contributed by atoms with Crippen molar-refractivity contribution < 1.29 is 14.2 Å². The number of halogens is 1. The van der Waals surface area contributed by atoms with Gasteiger partial charge in [0.05, 0.1) is 19.2 Å². The van der Waals surface area contributed by atoms with E-state index in [9.17, 15) is 0 Å². The Morgan fingerprint density at radius 2 is 1.75 bits per heavy atom. The average Bonchev–Trinajstić information content (AvgIpc) is 2.73. The van der Waals surface area contributed by atoms with Gasteiger partial charge in [0, 0.05) is 11.8 Å². The molecule has 0 amide bonds. The second kappa shape index (κ2) is 9.15. The second-order valence-corrected chi connectivity index (χ2v) is 6.44. The SMILES string of the molecule is COc1ccc(COc2ccc(C=Cc3cc(Cl)cnc3N)cc2OC)cc1. The molecule has 5 nitrogen and oxygen atoms in total. The lowest BCUT2D eigenvalue weighted by atomic mass is 10.1. The molecule has 0 spiro atoms. The highest BCUT2D eigenvalue weighted by molar-refractivity contribution is 6.30. The first-order valence-electron chi connectivity index (χ1n) is 8.62. The number of nitrogens with zero attached hydrogens (tertiary/aromatic N) is 1. The summed E-state index contributed by atoms with van der Waals surface area (Å²) in [5, 5.41) is 0.536. The van der Waals surface area contributed by atoms with Crippen molar-refractivity contribution in [3.8, 4) is 17.2 Å². The van der Waals surface area contributed by atoms with Gasteiger partial charge in [0.15, 0.2) is 11.5 Å². The molecular weight excluding hydrogens is 376 g/mol. The molecule has 6 heteroatoms. The van der Waals surface area contributed by atoms with Crippen molar-refractivity contribution in [1.82, 2.24) is 4.98 Å². The number of anilines is 1. The van der Waals surface area contributed by atoms with E-state index in [1.807, 2.05) is 54.6 Å². The van der Waals surface area contributed by atoms with E-state index in [0.29, 0.717) is 28.9 Å². The number of methoxy groups -OCH3 is 2. The smallest absolute Gasteiger partial charge is 0.161 e. The number of ether oxygens (including phenoxy) is 3. The van der Waals surface area contributed by atoms with Gasteiger partial charge in [-0.1, -0.05) is 42.0 Å². The van der Waals surface area contributed by atoms with Gasteiger partial charge in [-0.05, 0) is 41.5 Å². The first kappa shape index (κ1) is 19.6. The van der Waals surface area contributed by atoms with Crippen LogP contribution in [0, 0.1) is 0 Å². The van der Waals surface area contributed by atoms with Gasteiger partial charge in [-0.2, -0.15) is 0 Å². The molecule has 0 saturated carbocycles. The van der Waals surface area contributed by atoms with Crippen molar-refractivity contribution in [2.24, 2.45) is 0 Å². The summed E-state index contributed by atoms with van der Waals surface area (Å²) in [6.45, 7) is 0.431. The van der Waals surface area contributed by atoms with Crippen LogP contribution < -0.4 is 19.9 Å². The Balaban J connectivity index is 1.72. The van der Waals surface area contributed by atoms with E-state index < -0.39 is 0 Å². The molecule has 0 fully saturated rings. The summed E-state index contributed by atoms with van der Waals surface area (Å²) < 4.78 is 16.5. The molecular formula is C22H21ClN2O3. The fourth-order valence-corrected chi connectivity index (χ4v) is 2.74. The third-order valence-corrected chi connectivity index (χ3v) is 4.32. The molecule has 0 unspecified atom stereocenters. The minimum atomic E-state index is 0.423. The highest BCUT2D eigenvalue weighted by Crippen LogP contribution is 2.30. The quantitative estimate of drug-likeness (QED) is 0.603. The molecule has 3 aromatic rings. The van der Waals surface area contributed by atoms with Crippen molar-refractivity contribution in [2.45, 2.75) is 6.61 Å². The van der Waals surface area contributed by atoms with Gasteiger partial charge in [-0.3, -0.25) is 0 Å². The van der Waals surface area contributed by atoms with Crippen LogP contribution in [0.2, 0.25) is 5.02 Å². The highest BCUT2D eigenvalue weighted by atomic mass is 35.5. The summed E-state index contributed by atoms with van der Waals surface area (Å²) in [7, 11) is 3.26. The van der Waals surface area contributed by atoms with Crippen molar-refractivity contribution in [2.75, 3.05) is 20.0 Å². The summed E-state index contributed by atoms with van der Waals surface area (Å²) in [6, 6.07) is 15.2. The third-order valence-electron chi connectivity index (χ3n) is 4.11. The third kappa shape index (κ3) is 4.96. The van der Waals surface area contributed by atoms with E-state index in [2.05, 4.69) is 4.98 Å². The van der Waals surface area contributed by atoms with Crippen molar-refractivity contribution in [1.29, 1.82) is 0 Å². The summed E-state index contributed by atoms with van der Waals surface area (Å²) >= 11 is 5.97. The molecule has 3 rings (SSSR count). The van der Waals surface area contributed by atoms with E-state index in [0.717, 1.165) is 22.4 Å². The van der Waals surface area contributed by atoms with Crippen LogP contribution in [0.3, 0.4) is 0 Å². The lowest BCUT2D eigenvalue weighted by Gasteiger charge is -2.12. The minimum Gasteiger partial charge on any atom is -0.497 e. The molecule has 0 bridgehead atoms. The van der Waals surface area contributed by atoms with Gasteiger partial charge in [-0.25, -0.2) is 4.98 Å². The van der Waals surface area contributed by atoms with E-state index in [4.69, 9.17) is 31.5 Å². The molecule has 144 valence electrons. The number of nitrogen functional groups attached to an aromatic ring is 1. The maximum Gasteiger partial charge on any atom is 0.161 e. The van der Waals surface area contributed by atoms with E-state index >= 15 is 0 Å². The van der Waals surface area contributed by atoms with Crippen molar-refractivity contribution in [3.05, 3.63) is 76.4 Å². The summed E-state index contributed by atoms with van der Waals surface area (Å²) in [4.78, 5) is 4.04. The normalized spacial score (nSPS) is 10.8. The van der Waals surface area contributed by atoms with Crippen molar-refractivity contribution >= 4 is 29.6 Å². The number of benzene rings is 2. The highest BCUT2D eigenvalue weighted by Gasteiger charge is 2.06. The van der Waals surface area contributed by atoms with E-state index in [1.165, 1.54) is 6.20 Å². The topological polar surface area (TPSA) is 66.6 Å². The van der Waals surface area contributed by atoms with Gasteiger partial charge in [0.25, 0.3) is 0 Å². The fraction of sp³-hybridized carbons (Fsp3) is 0.136. The summed E-state index contributed by atoms with van der Waals surface area (Å²) in [5.41, 5.74) is 8.60. The van der Waals surface area contributed by atoms with Crippen LogP contribution in [0.15, 0.2) is 54.7 Å². The van der Waals surface area contributed by atoms with E-state index in [-0.39, 0.29) is 0 Å². The molecule has 2 N–H and O–H groups in total. The Bertz CT molecular complexity index is 972. The predicted molar refractivity (Wildman–Crippen MR) is 113 cm³/mol. The number of hydrogen-bond acceptors (Lipinski definition) is 5. The van der Waals surface area contributed by atoms with Gasteiger partial charge >= 0.3 is 0 Å². The lowest BCUT2D eigenvalue weighted by Crippen LogP contribution is -1.98. The van der Waals surface area contributed by atoms with Gasteiger partial charge in [0.2, 0.25) is 0 Å². The molecule has 0 aliphatic carbocycles.